The standard InChI is InChI=1S/C21H21ClN4O3/c1-29-21(28)14-5-6-17-18(11-14)23-19(24-20(17)27)13-25-7-9-26(10-8-25)16-4-2-3-15(22)12-16/h2-6,11-12H,7-10,13H2,1H3,(H,23,24,27). The number of hydrogen-bond donors (Lipinski definition) is 1. The van der Waals surface area contributed by atoms with Crippen LogP contribution in [0.5, 0.6) is 0 Å². The molecule has 1 aromatic heterocycles. The number of benzene rings is 2. The first-order valence-corrected chi connectivity index (χ1v) is 9.75. The fourth-order valence-corrected chi connectivity index (χ4v) is 3.74. The molecule has 1 fully saturated rings. The summed E-state index contributed by atoms with van der Waals surface area (Å²) in [5.41, 5.74) is 1.77. The molecule has 0 bridgehead atoms. The van der Waals surface area contributed by atoms with E-state index >= 15 is 0 Å². The molecule has 3 aromatic rings. The Labute approximate surface area is 172 Å². The number of hydrogen-bond acceptors (Lipinski definition) is 6. The minimum Gasteiger partial charge on any atom is -0.465 e. The molecule has 1 aliphatic heterocycles. The van der Waals surface area contributed by atoms with Crippen LogP contribution < -0.4 is 10.5 Å². The minimum absolute atomic E-state index is 0.209. The molecule has 1 N–H and O–H groups in total. The van der Waals surface area contributed by atoms with Crippen molar-refractivity contribution in [3.8, 4) is 0 Å². The Kier molecular flexibility index (Phi) is 5.51. The molecule has 150 valence electrons. The first-order valence-electron chi connectivity index (χ1n) is 9.37. The van der Waals surface area contributed by atoms with Gasteiger partial charge in [0.2, 0.25) is 0 Å². The maximum Gasteiger partial charge on any atom is 0.337 e. The zero-order valence-corrected chi connectivity index (χ0v) is 16.8. The van der Waals surface area contributed by atoms with Crippen molar-refractivity contribution in [3.63, 3.8) is 0 Å². The second kappa shape index (κ2) is 8.23. The summed E-state index contributed by atoms with van der Waals surface area (Å²) in [4.78, 5) is 36.1. The van der Waals surface area contributed by atoms with Crippen LogP contribution in [0.15, 0.2) is 47.3 Å². The van der Waals surface area contributed by atoms with Crippen molar-refractivity contribution in [2.24, 2.45) is 0 Å². The molecule has 0 aliphatic carbocycles. The zero-order chi connectivity index (χ0) is 20.4. The third-order valence-corrected chi connectivity index (χ3v) is 5.33. The number of piperazine rings is 1. The lowest BCUT2D eigenvalue weighted by Crippen LogP contribution is -2.46. The Hall–Kier alpha value is -2.90. The molecule has 4 rings (SSSR count). The molecule has 2 heterocycles. The summed E-state index contributed by atoms with van der Waals surface area (Å²) in [6.07, 6.45) is 0. The Morgan fingerprint density at radius 3 is 2.69 bits per heavy atom. The van der Waals surface area contributed by atoms with Crippen LogP contribution in [0.1, 0.15) is 16.2 Å². The van der Waals surface area contributed by atoms with Crippen molar-refractivity contribution in [1.82, 2.24) is 14.9 Å². The van der Waals surface area contributed by atoms with Gasteiger partial charge in [0.25, 0.3) is 5.56 Å². The van der Waals surface area contributed by atoms with Crippen LogP contribution in [0.25, 0.3) is 10.9 Å². The summed E-state index contributed by atoms with van der Waals surface area (Å²) in [7, 11) is 1.33. The van der Waals surface area contributed by atoms with Gasteiger partial charge in [-0.25, -0.2) is 9.78 Å². The number of methoxy groups -OCH3 is 1. The second-order valence-corrected chi connectivity index (χ2v) is 7.42. The Bertz CT molecular complexity index is 1110. The summed E-state index contributed by atoms with van der Waals surface area (Å²) in [6, 6.07) is 12.6. The topological polar surface area (TPSA) is 78.5 Å². The Balaban J connectivity index is 1.48. The molecule has 8 heteroatoms. The minimum atomic E-state index is -0.451. The first-order chi connectivity index (χ1) is 14.0. The number of ether oxygens (including phenoxy) is 1. The Morgan fingerprint density at radius 1 is 1.17 bits per heavy atom. The number of nitrogens with one attached hydrogen (secondary N) is 1. The molecular weight excluding hydrogens is 392 g/mol. The molecule has 0 atom stereocenters. The van der Waals surface area contributed by atoms with Crippen LogP contribution in [0.4, 0.5) is 5.69 Å². The van der Waals surface area contributed by atoms with Crippen molar-refractivity contribution in [3.05, 3.63) is 69.2 Å². The quantitative estimate of drug-likeness (QED) is 0.664. The first kappa shape index (κ1) is 19.4. The molecule has 1 saturated heterocycles. The third kappa shape index (κ3) is 4.26. The molecule has 0 amide bonds. The predicted octanol–water partition coefficient (Wildman–Crippen LogP) is 2.69. The van der Waals surface area contributed by atoms with Crippen LogP contribution in [-0.4, -0.2) is 54.1 Å². The molecule has 7 nitrogen and oxygen atoms in total. The number of H-pyrrole nitrogens is 1. The average Bonchev–Trinajstić information content (AvgIpc) is 2.73. The number of nitrogens with zero attached hydrogens (tertiary/aromatic N) is 3. The number of anilines is 1. The van der Waals surface area contributed by atoms with Gasteiger partial charge in [-0.2, -0.15) is 0 Å². The summed E-state index contributed by atoms with van der Waals surface area (Å²) < 4.78 is 4.75. The van der Waals surface area contributed by atoms with Crippen LogP contribution in [0.2, 0.25) is 5.02 Å². The molecule has 0 radical (unpaired) electrons. The van der Waals surface area contributed by atoms with E-state index in [0.717, 1.165) is 36.9 Å². The summed E-state index contributed by atoms with van der Waals surface area (Å²) in [5, 5.41) is 1.18. The molecule has 0 spiro atoms. The van der Waals surface area contributed by atoms with Gasteiger partial charge in [0.15, 0.2) is 0 Å². The molecule has 2 aromatic carbocycles. The highest BCUT2D eigenvalue weighted by atomic mass is 35.5. The fraction of sp³-hybridized carbons (Fsp3) is 0.286. The third-order valence-electron chi connectivity index (χ3n) is 5.10. The SMILES string of the molecule is COC(=O)c1ccc2c(=O)[nH]c(CN3CCN(c4cccc(Cl)c4)CC3)nc2c1. The number of aromatic nitrogens is 2. The number of esters is 1. The number of fused-ring (bicyclic) bond motifs is 1. The van der Waals surface area contributed by atoms with Crippen LogP contribution in [0, 0.1) is 0 Å². The lowest BCUT2D eigenvalue weighted by molar-refractivity contribution is 0.0601. The highest BCUT2D eigenvalue weighted by Crippen LogP contribution is 2.21. The maximum atomic E-state index is 12.4. The van der Waals surface area contributed by atoms with Gasteiger partial charge in [-0.05, 0) is 36.4 Å². The zero-order valence-electron chi connectivity index (χ0n) is 16.0. The number of aromatic amines is 1. The van der Waals surface area contributed by atoms with E-state index in [9.17, 15) is 9.59 Å². The van der Waals surface area contributed by atoms with Gasteiger partial charge in [0.05, 0.1) is 30.1 Å². The van der Waals surface area contributed by atoms with E-state index in [1.165, 1.54) is 7.11 Å². The summed E-state index contributed by atoms with van der Waals surface area (Å²) in [5.74, 6) is 0.133. The lowest BCUT2D eigenvalue weighted by atomic mass is 10.1. The van der Waals surface area contributed by atoms with Crippen molar-refractivity contribution in [2.75, 3.05) is 38.2 Å². The average molecular weight is 413 g/mol. The molecule has 1 aliphatic rings. The van der Waals surface area contributed by atoms with E-state index in [0.29, 0.717) is 28.8 Å². The molecular formula is C21H21ClN4O3. The predicted molar refractivity (Wildman–Crippen MR) is 113 cm³/mol. The summed E-state index contributed by atoms with van der Waals surface area (Å²) >= 11 is 6.09. The van der Waals surface area contributed by atoms with Crippen molar-refractivity contribution in [1.29, 1.82) is 0 Å². The van der Waals surface area contributed by atoms with E-state index in [1.807, 2.05) is 18.2 Å². The number of carbonyl (C=O) groups excluding carboxylic acids is 1. The van der Waals surface area contributed by atoms with E-state index in [-0.39, 0.29) is 5.56 Å². The van der Waals surface area contributed by atoms with Gasteiger partial charge in [0, 0.05) is 36.9 Å². The largest absolute Gasteiger partial charge is 0.465 e. The summed E-state index contributed by atoms with van der Waals surface area (Å²) in [6.45, 7) is 3.96. The van der Waals surface area contributed by atoms with Crippen molar-refractivity contribution in [2.45, 2.75) is 6.54 Å². The Morgan fingerprint density at radius 2 is 1.97 bits per heavy atom. The van der Waals surface area contributed by atoms with Crippen molar-refractivity contribution >= 4 is 34.2 Å². The van der Waals surface area contributed by atoms with Gasteiger partial charge in [-0.3, -0.25) is 9.69 Å². The molecule has 0 unspecified atom stereocenters. The number of halogens is 1. The van der Waals surface area contributed by atoms with Gasteiger partial charge >= 0.3 is 5.97 Å². The number of carbonyl (C=O) groups is 1. The van der Waals surface area contributed by atoms with Crippen LogP contribution in [0.3, 0.4) is 0 Å². The highest BCUT2D eigenvalue weighted by molar-refractivity contribution is 6.30. The van der Waals surface area contributed by atoms with Crippen LogP contribution in [-0.2, 0) is 11.3 Å². The van der Waals surface area contributed by atoms with Crippen LogP contribution >= 0.6 is 11.6 Å². The van der Waals surface area contributed by atoms with E-state index < -0.39 is 5.97 Å². The maximum absolute atomic E-state index is 12.4. The van der Waals surface area contributed by atoms with E-state index in [4.69, 9.17) is 16.3 Å². The molecule has 0 saturated carbocycles. The van der Waals surface area contributed by atoms with Gasteiger partial charge in [0.1, 0.15) is 5.82 Å². The van der Waals surface area contributed by atoms with Gasteiger partial charge in [-0.15, -0.1) is 0 Å². The van der Waals surface area contributed by atoms with E-state index in [2.05, 4.69) is 25.8 Å². The van der Waals surface area contributed by atoms with E-state index in [1.54, 1.807) is 18.2 Å². The smallest absolute Gasteiger partial charge is 0.337 e. The monoisotopic (exact) mass is 412 g/mol. The lowest BCUT2D eigenvalue weighted by Gasteiger charge is -2.35. The highest BCUT2D eigenvalue weighted by Gasteiger charge is 2.19. The fourth-order valence-electron chi connectivity index (χ4n) is 3.56. The van der Waals surface area contributed by atoms with Gasteiger partial charge in [-0.1, -0.05) is 17.7 Å². The van der Waals surface area contributed by atoms with Crippen molar-refractivity contribution < 1.29 is 9.53 Å². The van der Waals surface area contributed by atoms with Gasteiger partial charge < -0.3 is 14.6 Å². The molecule has 29 heavy (non-hydrogen) atoms. The normalized spacial score (nSPS) is 14.9. The number of rotatable bonds is 4. The second-order valence-electron chi connectivity index (χ2n) is 6.98.